The minimum Gasteiger partial charge on any atom is -0.508 e. The Bertz CT molecular complexity index is 882. The second kappa shape index (κ2) is 5.21. The maximum atomic E-state index is 11.6. The molecule has 0 unspecified atom stereocenters. The molecule has 3 heterocycles. The maximum absolute atomic E-state index is 11.6. The summed E-state index contributed by atoms with van der Waals surface area (Å²) in [4.78, 5) is 0. The van der Waals surface area contributed by atoms with Crippen LogP contribution in [0.4, 0.5) is 0 Å². The molecular weight excluding hydrogens is 352 g/mol. The smallest absolute Gasteiger partial charge is 0.235 e. The number of hydrogen-bond acceptors (Lipinski definition) is 7. The van der Waals surface area contributed by atoms with E-state index in [-0.39, 0.29) is 5.75 Å². The molecule has 3 N–H and O–H groups in total. The van der Waals surface area contributed by atoms with Crippen molar-refractivity contribution >= 4 is 0 Å². The molecule has 3 aliphatic rings. The first-order valence-electron chi connectivity index (χ1n) is 8.69. The SMILES string of the molecule is COc1ccc([C@]23O[C@@H]4[C@H]2O[C@](OC)([C@H]3O)[C@]4(O)c2ccc(O)cc2)cc1. The lowest BCUT2D eigenvalue weighted by atomic mass is 9.60. The number of phenolic OH excluding ortho intramolecular Hbond substituents is 1. The number of fused-ring (bicyclic) bond motifs is 1. The van der Waals surface area contributed by atoms with Gasteiger partial charge in [0.25, 0.3) is 0 Å². The highest BCUT2D eigenvalue weighted by atomic mass is 16.8. The molecule has 3 saturated heterocycles. The predicted octanol–water partition coefficient (Wildman–Crippen LogP) is 0.999. The molecule has 7 heteroatoms. The highest BCUT2D eigenvalue weighted by Gasteiger charge is 2.90. The van der Waals surface area contributed by atoms with Crippen LogP contribution in [0.3, 0.4) is 0 Å². The summed E-state index contributed by atoms with van der Waals surface area (Å²) in [6, 6.07) is 13.3. The molecule has 0 amide bonds. The number of ether oxygens (including phenoxy) is 4. The van der Waals surface area contributed by atoms with Gasteiger partial charge in [-0.05, 0) is 35.4 Å². The van der Waals surface area contributed by atoms with Gasteiger partial charge < -0.3 is 34.3 Å². The zero-order chi connectivity index (χ0) is 19.0. The van der Waals surface area contributed by atoms with E-state index in [1.165, 1.54) is 19.2 Å². The third kappa shape index (κ3) is 1.70. The number of aromatic hydroxyl groups is 1. The molecule has 142 valence electrons. The van der Waals surface area contributed by atoms with E-state index in [1.807, 2.05) is 12.1 Å². The average Bonchev–Trinajstić information content (AvgIpc) is 3.00. The van der Waals surface area contributed by atoms with Gasteiger partial charge in [0.2, 0.25) is 5.79 Å². The van der Waals surface area contributed by atoms with Crippen LogP contribution >= 0.6 is 0 Å². The van der Waals surface area contributed by atoms with Crippen LogP contribution in [-0.2, 0) is 25.4 Å². The van der Waals surface area contributed by atoms with E-state index in [0.717, 1.165) is 5.56 Å². The number of aliphatic hydroxyl groups is 2. The summed E-state index contributed by atoms with van der Waals surface area (Å²) < 4.78 is 23.0. The maximum Gasteiger partial charge on any atom is 0.235 e. The van der Waals surface area contributed by atoms with Crippen molar-refractivity contribution in [2.45, 2.75) is 35.3 Å². The topological polar surface area (TPSA) is 97.6 Å². The number of rotatable bonds is 4. The molecule has 0 aromatic heterocycles. The lowest BCUT2D eigenvalue weighted by molar-refractivity contribution is -0.383. The van der Waals surface area contributed by atoms with Gasteiger partial charge in [-0.2, -0.15) is 0 Å². The molecule has 5 rings (SSSR count). The van der Waals surface area contributed by atoms with Crippen LogP contribution in [0.25, 0.3) is 0 Å². The second-order valence-electron chi connectivity index (χ2n) is 7.19. The van der Waals surface area contributed by atoms with Crippen molar-refractivity contribution in [3.8, 4) is 11.5 Å². The molecule has 0 aliphatic carbocycles. The van der Waals surface area contributed by atoms with Gasteiger partial charge in [-0.3, -0.25) is 0 Å². The Morgan fingerprint density at radius 1 is 0.889 bits per heavy atom. The fourth-order valence-corrected chi connectivity index (χ4v) is 4.84. The van der Waals surface area contributed by atoms with Gasteiger partial charge in [-0.15, -0.1) is 0 Å². The molecule has 3 aliphatic heterocycles. The first-order valence-corrected chi connectivity index (χ1v) is 8.69. The first kappa shape index (κ1) is 17.0. The summed E-state index contributed by atoms with van der Waals surface area (Å²) >= 11 is 0. The van der Waals surface area contributed by atoms with E-state index in [4.69, 9.17) is 18.9 Å². The third-order valence-electron chi connectivity index (χ3n) is 6.18. The minimum absolute atomic E-state index is 0.0700. The monoisotopic (exact) mass is 372 g/mol. The summed E-state index contributed by atoms with van der Waals surface area (Å²) in [5.74, 6) is -0.926. The van der Waals surface area contributed by atoms with Gasteiger partial charge in [0.05, 0.1) is 7.11 Å². The lowest BCUT2D eigenvalue weighted by Gasteiger charge is -2.60. The average molecular weight is 372 g/mol. The summed E-state index contributed by atoms with van der Waals surface area (Å²) in [6.45, 7) is 0. The standard InChI is InChI=1S/C20H20O7/c1-24-14-9-5-11(6-10-14)18-15-16(26-18)19(23,12-3-7-13(21)8-4-12)20(25-2,27-15)17(18)22/h3-10,15-17,21-23H,1-2H3/t15-,16-,17+,18+,19+,20-/m1/s1. The van der Waals surface area contributed by atoms with Crippen LogP contribution in [0.2, 0.25) is 0 Å². The Morgan fingerprint density at radius 2 is 1.52 bits per heavy atom. The summed E-state index contributed by atoms with van der Waals surface area (Å²) in [5.41, 5.74) is -1.66. The van der Waals surface area contributed by atoms with Crippen molar-refractivity contribution < 1.29 is 34.3 Å². The highest BCUT2D eigenvalue weighted by molar-refractivity contribution is 5.47. The second-order valence-corrected chi connectivity index (χ2v) is 7.19. The van der Waals surface area contributed by atoms with E-state index < -0.39 is 35.3 Å². The van der Waals surface area contributed by atoms with E-state index in [9.17, 15) is 15.3 Å². The van der Waals surface area contributed by atoms with Crippen LogP contribution in [0.1, 0.15) is 11.1 Å². The summed E-state index contributed by atoms with van der Waals surface area (Å²) in [5, 5.41) is 32.4. The number of benzene rings is 2. The minimum atomic E-state index is -1.71. The molecule has 2 bridgehead atoms. The van der Waals surface area contributed by atoms with E-state index in [1.54, 1.807) is 31.4 Å². The van der Waals surface area contributed by atoms with Crippen LogP contribution in [-0.4, -0.2) is 53.6 Å². The van der Waals surface area contributed by atoms with Gasteiger partial charge in [-0.1, -0.05) is 24.3 Å². The van der Waals surface area contributed by atoms with Crippen LogP contribution in [0.15, 0.2) is 48.5 Å². The number of aliphatic hydroxyl groups excluding tert-OH is 1. The quantitative estimate of drug-likeness (QED) is 0.737. The molecule has 0 radical (unpaired) electrons. The summed E-state index contributed by atoms with van der Waals surface area (Å²) in [7, 11) is 2.97. The zero-order valence-corrected chi connectivity index (χ0v) is 14.8. The van der Waals surface area contributed by atoms with Crippen molar-refractivity contribution in [2.24, 2.45) is 0 Å². The molecule has 27 heavy (non-hydrogen) atoms. The summed E-state index contributed by atoms with van der Waals surface area (Å²) in [6.07, 6.45) is -2.57. The van der Waals surface area contributed by atoms with E-state index >= 15 is 0 Å². The number of phenols is 1. The molecular formula is C20H20O7. The van der Waals surface area contributed by atoms with Crippen LogP contribution in [0, 0.1) is 0 Å². The molecule has 0 spiro atoms. The van der Waals surface area contributed by atoms with Crippen LogP contribution < -0.4 is 4.74 Å². The molecule has 7 nitrogen and oxygen atoms in total. The van der Waals surface area contributed by atoms with E-state index in [2.05, 4.69) is 0 Å². The van der Waals surface area contributed by atoms with Gasteiger partial charge in [0.15, 0.2) is 11.2 Å². The van der Waals surface area contributed by atoms with Crippen molar-refractivity contribution in [1.29, 1.82) is 0 Å². The Balaban J connectivity index is 1.60. The predicted molar refractivity (Wildman–Crippen MR) is 92.2 cm³/mol. The molecule has 2 aromatic rings. The molecule has 2 aromatic carbocycles. The number of methoxy groups -OCH3 is 2. The van der Waals surface area contributed by atoms with Crippen molar-refractivity contribution in [2.75, 3.05) is 14.2 Å². The lowest BCUT2D eigenvalue weighted by Crippen LogP contribution is -2.79. The Hall–Kier alpha value is -2.16. The van der Waals surface area contributed by atoms with Crippen molar-refractivity contribution in [3.63, 3.8) is 0 Å². The fraction of sp³-hybridized carbons (Fsp3) is 0.400. The molecule has 0 saturated carbocycles. The van der Waals surface area contributed by atoms with E-state index in [0.29, 0.717) is 11.3 Å². The molecule has 3 fully saturated rings. The largest absolute Gasteiger partial charge is 0.508 e. The molecule has 6 atom stereocenters. The van der Waals surface area contributed by atoms with Gasteiger partial charge in [-0.25, -0.2) is 0 Å². The van der Waals surface area contributed by atoms with Crippen LogP contribution in [0.5, 0.6) is 11.5 Å². The Morgan fingerprint density at radius 3 is 2.11 bits per heavy atom. The Kier molecular flexibility index (Phi) is 3.28. The van der Waals surface area contributed by atoms with Gasteiger partial charge >= 0.3 is 0 Å². The zero-order valence-electron chi connectivity index (χ0n) is 14.8. The normalized spacial score (nSPS) is 41.4. The van der Waals surface area contributed by atoms with Gasteiger partial charge in [0, 0.05) is 7.11 Å². The third-order valence-corrected chi connectivity index (χ3v) is 6.18. The van der Waals surface area contributed by atoms with Gasteiger partial charge in [0.1, 0.15) is 29.8 Å². The highest BCUT2D eigenvalue weighted by Crippen LogP contribution is 2.71. The number of hydrogen-bond donors (Lipinski definition) is 3. The fourth-order valence-electron chi connectivity index (χ4n) is 4.84. The van der Waals surface area contributed by atoms with Crippen molar-refractivity contribution in [1.82, 2.24) is 0 Å². The first-order chi connectivity index (χ1) is 12.9. The van der Waals surface area contributed by atoms with Crippen molar-refractivity contribution in [3.05, 3.63) is 59.7 Å². The Labute approximate surface area is 155 Å².